The molecule has 0 atom stereocenters. The van der Waals surface area contributed by atoms with E-state index in [-0.39, 0.29) is 5.56 Å². The zero-order valence-electron chi connectivity index (χ0n) is 16.7. The summed E-state index contributed by atoms with van der Waals surface area (Å²) in [4.78, 5) is 22.0. The predicted octanol–water partition coefficient (Wildman–Crippen LogP) is 3.51. The van der Waals surface area contributed by atoms with Crippen LogP contribution in [0.5, 0.6) is 0 Å². The van der Waals surface area contributed by atoms with Gasteiger partial charge in [0.15, 0.2) is 0 Å². The van der Waals surface area contributed by atoms with Gasteiger partial charge in [-0.1, -0.05) is 11.6 Å². The maximum atomic E-state index is 13.1. The minimum atomic E-state index is 0.0531. The molecule has 0 saturated carbocycles. The summed E-state index contributed by atoms with van der Waals surface area (Å²) in [6, 6.07) is 13.6. The van der Waals surface area contributed by atoms with Crippen molar-refractivity contribution in [3.05, 3.63) is 76.4 Å². The molecular formula is C23H24ClN5O. The van der Waals surface area contributed by atoms with E-state index in [0.717, 1.165) is 50.2 Å². The van der Waals surface area contributed by atoms with Crippen LogP contribution in [0, 0.1) is 0 Å². The number of fused-ring (bicyclic) bond motifs is 3. The number of piperazine rings is 1. The number of nitrogens with zero attached hydrogens (tertiary/aromatic N) is 5. The van der Waals surface area contributed by atoms with Crippen LogP contribution in [0.2, 0.25) is 5.02 Å². The van der Waals surface area contributed by atoms with Gasteiger partial charge in [0.05, 0.1) is 11.0 Å². The number of anilines is 1. The molecule has 4 aromatic rings. The number of aromatic nitrogens is 3. The van der Waals surface area contributed by atoms with E-state index in [1.165, 1.54) is 5.69 Å². The number of hydrogen-bond acceptors (Lipinski definition) is 4. The standard InChI is InChI=1S/C23H24ClN5O/c24-18-4-5-20-22(17-18)28-11-1-3-21(28)23(30)29(20)12-2-10-26-13-15-27(16-14-26)19-6-8-25-9-7-19/h1,3-9,11,17H,2,10,12-16H2. The molecule has 0 unspecified atom stereocenters. The van der Waals surface area contributed by atoms with Crippen LogP contribution in [0.15, 0.2) is 65.8 Å². The first-order chi connectivity index (χ1) is 14.7. The molecule has 5 rings (SSSR count). The van der Waals surface area contributed by atoms with Crippen molar-refractivity contribution in [2.75, 3.05) is 37.6 Å². The molecule has 1 saturated heterocycles. The Morgan fingerprint density at radius 3 is 2.50 bits per heavy atom. The summed E-state index contributed by atoms with van der Waals surface area (Å²) in [6.07, 6.45) is 6.55. The van der Waals surface area contributed by atoms with Crippen LogP contribution in [0.25, 0.3) is 16.6 Å². The van der Waals surface area contributed by atoms with Gasteiger partial charge in [-0.2, -0.15) is 0 Å². The van der Waals surface area contributed by atoms with Gasteiger partial charge in [0, 0.05) is 62.0 Å². The quantitative estimate of drug-likeness (QED) is 0.494. The van der Waals surface area contributed by atoms with E-state index in [4.69, 9.17) is 11.6 Å². The maximum Gasteiger partial charge on any atom is 0.275 e. The second-order valence-corrected chi connectivity index (χ2v) is 8.18. The van der Waals surface area contributed by atoms with Crippen molar-refractivity contribution in [3.63, 3.8) is 0 Å². The summed E-state index contributed by atoms with van der Waals surface area (Å²) in [6.45, 7) is 5.78. The van der Waals surface area contributed by atoms with Crippen LogP contribution in [-0.4, -0.2) is 51.6 Å². The third-order valence-electron chi connectivity index (χ3n) is 5.96. The van der Waals surface area contributed by atoms with Crippen molar-refractivity contribution in [3.8, 4) is 0 Å². The molecule has 7 heteroatoms. The van der Waals surface area contributed by atoms with Crippen molar-refractivity contribution in [2.45, 2.75) is 13.0 Å². The summed E-state index contributed by atoms with van der Waals surface area (Å²) in [5.41, 5.74) is 3.87. The third-order valence-corrected chi connectivity index (χ3v) is 6.19. The number of aryl methyl sites for hydroxylation is 1. The Kier molecular flexibility index (Phi) is 5.19. The van der Waals surface area contributed by atoms with Gasteiger partial charge >= 0.3 is 0 Å². The largest absolute Gasteiger partial charge is 0.369 e. The van der Waals surface area contributed by atoms with Crippen molar-refractivity contribution < 1.29 is 0 Å². The topological polar surface area (TPSA) is 45.8 Å². The summed E-state index contributed by atoms with van der Waals surface area (Å²) < 4.78 is 3.83. The molecule has 1 fully saturated rings. The van der Waals surface area contributed by atoms with Crippen molar-refractivity contribution in [1.29, 1.82) is 0 Å². The molecule has 0 spiro atoms. The SMILES string of the molecule is O=c1c2cccn2c2cc(Cl)ccc2n1CCCN1CCN(c2ccncc2)CC1. The van der Waals surface area contributed by atoms with E-state index in [1.54, 1.807) is 0 Å². The van der Waals surface area contributed by atoms with Crippen LogP contribution >= 0.6 is 11.6 Å². The van der Waals surface area contributed by atoms with Gasteiger partial charge in [-0.25, -0.2) is 0 Å². The Hall–Kier alpha value is -2.83. The van der Waals surface area contributed by atoms with Crippen LogP contribution in [0.1, 0.15) is 6.42 Å². The van der Waals surface area contributed by atoms with E-state index in [1.807, 2.05) is 57.9 Å². The molecule has 0 bridgehead atoms. The predicted molar refractivity (Wildman–Crippen MR) is 122 cm³/mol. The Bertz CT molecular complexity index is 1230. The number of hydrogen-bond donors (Lipinski definition) is 0. The van der Waals surface area contributed by atoms with Crippen molar-refractivity contribution in [2.24, 2.45) is 0 Å². The molecule has 0 aliphatic carbocycles. The van der Waals surface area contributed by atoms with Crippen LogP contribution < -0.4 is 10.5 Å². The average molecular weight is 422 g/mol. The summed E-state index contributed by atoms with van der Waals surface area (Å²) in [5, 5.41) is 0.676. The highest BCUT2D eigenvalue weighted by Gasteiger charge is 2.17. The van der Waals surface area contributed by atoms with E-state index in [2.05, 4.69) is 26.9 Å². The van der Waals surface area contributed by atoms with Crippen molar-refractivity contribution >= 4 is 33.8 Å². The highest BCUT2D eigenvalue weighted by atomic mass is 35.5. The van der Waals surface area contributed by atoms with Gasteiger partial charge in [-0.3, -0.25) is 14.7 Å². The molecule has 0 amide bonds. The second kappa shape index (κ2) is 8.13. The highest BCUT2D eigenvalue weighted by Crippen LogP contribution is 2.20. The first-order valence-electron chi connectivity index (χ1n) is 10.4. The number of rotatable bonds is 5. The van der Waals surface area contributed by atoms with E-state index < -0.39 is 0 Å². The third kappa shape index (κ3) is 3.57. The number of benzene rings is 1. The lowest BCUT2D eigenvalue weighted by Crippen LogP contribution is -2.46. The fourth-order valence-corrected chi connectivity index (χ4v) is 4.56. The smallest absolute Gasteiger partial charge is 0.275 e. The molecule has 0 N–H and O–H groups in total. The van der Waals surface area contributed by atoms with Gasteiger partial charge in [-0.15, -0.1) is 0 Å². The second-order valence-electron chi connectivity index (χ2n) is 7.74. The van der Waals surface area contributed by atoms with E-state index in [9.17, 15) is 4.79 Å². The van der Waals surface area contributed by atoms with Crippen molar-refractivity contribution in [1.82, 2.24) is 18.9 Å². The minimum absolute atomic E-state index is 0.0531. The van der Waals surface area contributed by atoms with Gasteiger partial charge in [0.1, 0.15) is 5.52 Å². The van der Waals surface area contributed by atoms with Gasteiger partial charge in [0.2, 0.25) is 0 Å². The van der Waals surface area contributed by atoms with E-state index in [0.29, 0.717) is 17.1 Å². The van der Waals surface area contributed by atoms with Gasteiger partial charge in [-0.05, 0) is 55.4 Å². The molecule has 4 heterocycles. The molecular weight excluding hydrogens is 398 g/mol. The van der Waals surface area contributed by atoms with Crippen LogP contribution in [0.3, 0.4) is 0 Å². The zero-order valence-corrected chi connectivity index (χ0v) is 17.5. The first kappa shape index (κ1) is 19.2. The molecule has 1 aliphatic rings. The molecule has 3 aromatic heterocycles. The maximum absolute atomic E-state index is 13.1. The monoisotopic (exact) mass is 421 g/mol. The highest BCUT2D eigenvalue weighted by molar-refractivity contribution is 6.31. The normalized spacial score (nSPS) is 15.3. The lowest BCUT2D eigenvalue weighted by Gasteiger charge is -2.36. The molecule has 30 heavy (non-hydrogen) atoms. The summed E-state index contributed by atoms with van der Waals surface area (Å²) in [5.74, 6) is 0. The summed E-state index contributed by atoms with van der Waals surface area (Å²) >= 11 is 6.23. The van der Waals surface area contributed by atoms with Gasteiger partial charge < -0.3 is 13.9 Å². The zero-order chi connectivity index (χ0) is 20.5. The fraction of sp³-hybridized carbons (Fsp3) is 0.304. The first-order valence-corrected chi connectivity index (χ1v) is 10.7. The Labute approximate surface area is 179 Å². The fourth-order valence-electron chi connectivity index (χ4n) is 4.39. The van der Waals surface area contributed by atoms with Crippen LogP contribution in [0.4, 0.5) is 5.69 Å². The number of halogens is 1. The van der Waals surface area contributed by atoms with E-state index >= 15 is 0 Å². The average Bonchev–Trinajstić information content (AvgIpc) is 3.28. The molecule has 154 valence electrons. The lowest BCUT2D eigenvalue weighted by molar-refractivity contribution is 0.250. The lowest BCUT2D eigenvalue weighted by atomic mass is 10.2. The molecule has 6 nitrogen and oxygen atoms in total. The Morgan fingerprint density at radius 1 is 0.900 bits per heavy atom. The molecule has 1 aliphatic heterocycles. The number of pyridine rings is 1. The molecule has 1 aromatic carbocycles. The Morgan fingerprint density at radius 2 is 1.70 bits per heavy atom. The minimum Gasteiger partial charge on any atom is -0.369 e. The Balaban J connectivity index is 1.28. The van der Waals surface area contributed by atoms with Crippen LogP contribution in [-0.2, 0) is 6.54 Å². The molecule has 0 radical (unpaired) electrons. The summed E-state index contributed by atoms with van der Waals surface area (Å²) in [7, 11) is 0. The van der Waals surface area contributed by atoms with Gasteiger partial charge in [0.25, 0.3) is 5.56 Å².